The standard InChI is InChI=1S/C25H28F2N2O3/c1-17(30)28-11-9-18(10-12-28)22-15-29(25(31)19-7-8-23(26)24(27)13-19)14-20(22)16-32-21-5-3-2-4-6-21/h2-8,13,18,20,22H,9-12,14-16H2,1H3. The highest BCUT2D eigenvalue weighted by Gasteiger charge is 2.41. The molecule has 2 aromatic carbocycles. The lowest BCUT2D eigenvalue weighted by Gasteiger charge is -2.36. The summed E-state index contributed by atoms with van der Waals surface area (Å²) in [6.07, 6.45) is 1.78. The molecule has 0 bridgehead atoms. The Labute approximate surface area is 187 Å². The van der Waals surface area contributed by atoms with Crippen molar-refractivity contribution in [3.63, 3.8) is 0 Å². The Morgan fingerprint density at radius 3 is 2.34 bits per heavy atom. The molecule has 0 radical (unpaired) electrons. The Kier molecular flexibility index (Phi) is 6.72. The Morgan fingerprint density at radius 1 is 0.969 bits per heavy atom. The van der Waals surface area contributed by atoms with Gasteiger partial charge >= 0.3 is 0 Å². The van der Waals surface area contributed by atoms with Crippen molar-refractivity contribution in [2.75, 3.05) is 32.8 Å². The highest BCUT2D eigenvalue weighted by Crippen LogP contribution is 2.37. The summed E-state index contributed by atoms with van der Waals surface area (Å²) >= 11 is 0. The van der Waals surface area contributed by atoms with Crippen molar-refractivity contribution in [1.29, 1.82) is 0 Å². The summed E-state index contributed by atoms with van der Waals surface area (Å²) in [5.41, 5.74) is 0.152. The quantitative estimate of drug-likeness (QED) is 0.704. The molecule has 2 fully saturated rings. The molecule has 2 aliphatic heterocycles. The van der Waals surface area contributed by atoms with Crippen LogP contribution in [0, 0.1) is 29.4 Å². The van der Waals surface area contributed by atoms with Crippen LogP contribution >= 0.6 is 0 Å². The molecule has 4 rings (SSSR count). The van der Waals surface area contributed by atoms with E-state index in [1.165, 1.54) is 6.07 Å². The van der Waals surface area contributed by atoms with E-state index in [0.29, 0.717) is 25.6 Å². The summed E-state index contributed by atoms with van der Waals surface area (Å²) in [6, 6.07) is 12.8. The van der Waals surface area contributed by atoms with Crippen molar-refractivity contribution >= 4 is 11.8 Å². The predicted molar refractivity (Wildman–Crippen MR) is 116 cm³/mol. The summed E-state index contributed by atoms with van der Waals surface area (Å²) in [5, 5.41) is 0. The van der Waals surface area contributed by atoms with Crippen LogP contribution in [0.5, 0.6) is 5.75 Å². The van der Waals surface area contributed by atoms with Gasteiger partial charge in [-0.15, -0.1) is 0 Å². The first-order valence-electron chi connectivity index (χ1n) is 11.1. The van der Waals surface area contributed by atoms with Gasteiger partial charge in [-0.05, 0) is 55.0 Å². The van der Waals surface area contributed by atoms with Gasteiger partial charge in [0.05, 0.1) is 6.61 Å². The van der Waals surface area contributed by atoms with Gasteiger partial charge in [0.15, 0.2) is 11.6 Å². The highest BCUT2D eigenvalue weighted by molar-refractivity contribution is 5.94. The van der Waals surface area contributed by atoms with Crippen molar-refractivity contribution in [2.45, 2.75) is 19.8 Å². The van der Waals surface area contributed by atoms with E-state index in [1.54, 1.807) is 11.8 Å². The van der Waals surface area contributed by atoms with Gasteiger partial charge < -0.3 is 14.5 Å². The van der Waals surface area contributed by atoms with Gasteiger partial charge in [-0.1, -0.05) is 18.2 Å². The number of ether oxygens (including phenoxy) is 1. The molecule has 2 saturated heterocycles. The maximum Gasteiger partial charge on any atom is 0.253 e. The van der Waals surface area contributed by atoms with Crippen LogP contribution in [0.1, 0.15) is 30.1 Å². The fourth-order valence-electron chi connectivity index (χ4n) is 4.95. The van der Waals surface area contributed by atoms with Crippen molar-refractivity contribution in [3.8, 4) is 5.75 Å². The molecule has 0 spiro atoms. The summed E-state index contributed by atoms with van der Waals surface area (Å²) in [4.78, 5) is 28.3. The first-order chi connectivity index (χ1) is 15.4. The zero-order valence-electron chi connectivity index (χ0n) is 18.2. The minimum Gasteiger partial charge on any atom is -0.493 e. The molecule has 0 aromatic heterocycles. The molecule has 0 aliphatic carbocycles. The summed E-state index contributed by atoms with van der Waals surface area (Å²) in [6.45, 7) is 4.56. The van der Waals surface area contributed by atoms with Gasteiger partial charge in [-0.3, -0.25) is 9.59 Å². The Hall–Kier alpha value is -2.96. The largest absolute Gasteiger partial charge is 0.493 e. The second-order valence-electron chi connectivity index (χ2n) is 8.73. The zero-order valence-corrected chi connectivity index (χ0v) is 18.2. The van der Waals surface area contributed by atoms with Crippen LogP contribution < -0.4 is 4.74 Å². The SMILES string of the molecule is CC(=O)N1CCC(C2CN(C(=O)c3ccc(F)c(F)c3)CC2COc2ccccc2)CC1. The number of para-hydroxylation sites is 1. The van der Waals surface area contributed by atoms with E-state index in [4.69, 9.17) is 4.74 Å². The molecule has 2 aromatic rings. The van der Waals surface area contributed by atoms with Crippen molar-refractivity contribution in [3.05, 3.63) is 65.7 Å². The van der Waals surface area contributed by atoms with E-state index in [2.05, 4.69) is 0 Å². The number of nitrogens with zero attached hydrogens (tertiary/aromatic N) is 2. The molecule has 7 heteroatoms. The van der Waals surface area contributed by atoms with E-state index in [0.717, 1.165) is 43.8 Å². The van der Waals surface area contributed by atoms with Crippen LogP contribution in [0.3, 0.4) is 0 Å². The number of carbonyl (C=O) groups is 2. The van der Waals surface area contributed by atoms with Crippen LogP contribution in [0.15, 0.2) is 48.5 Å². The molecule has 2 heterocycles. The summed E-state index contributed by atoms with van der Waals surface area (Å²) in [5.74, 6) is -0.688. The van der Waals surface area contributed by atoms with Gasteiger partial charge in [-0.25, -0.2) is 8.78 Å². The molecule has 0 N–H and O–H groups in total. The molecule has 2 amide bonds. The van der Waals surface area contributed by atoms with Crippen LogP contribution in [-0.2, 0) is 4.79 Å². The van der Waals surface area contributed by atoms with Gasteiger partial charge in [0.2, 0.25) is 5.91 Å². The molecule has 5 nitrogen and oxygen atoms in total. The van der Waals surface area contributed by atoms with E-state index in [1.807, 2.05) is 35.2 Å². The number of hydrogen-bond acceptors (Lipinski definition) is 3. The number of halogens is 2. The monoisotopic (exact) mass is 442 g/mol. The van der Waals surface area contributed by atoms with Gasteiger partial charge in [0.25, 0.3) is 5.91 Å². The van der Waals surface area contributed by atoms with Gasteiger partial charge in [0.1, 0.15) is 5.75 Å². The van der Waals surface area contributed by atoms with Crippen molar-refractivity contribution in [2.24, 2.45) is 17.8 Å². The Morgan fingerprint density at radius 2 is 1.69 bits per heavy atom. The molecular formula is C25H28F2N2O3. The third kappa shape index (κ3) is 4.92. The highest BCUT2D eigenvalue weighted by atomic mass is 19.2. The summed E-state index contributed by atoms with van der Waals surface area (Å²) in [7, 11) is 0. The predicted octanol–water partition coefficient (Wildman–Crippen LogP) is 3.99. The van der Waals surface area contributed by atoms with Crippen LogP contribution in [0.2, 0.25) is 0 Å². The molecule has 32 heavy (non-hydrogen) atoms. The van der Waals surface area contributed by atoms with Gasteiger partial charge in [0, 0.05) is 44.6 Å². The maximum atomic E-state index is 13.7. The third-order valence-electron chi connectivity index (χ3n) is 6.74. The average Bonchev–Trinajstić information content (AvgIpc) is 3.24. The number of carbonyl (C=O) groups excluding carboxylic acids is 2. The van der Waals surface area contributed by atoms with Gasteiger partial charge in [-0.2, -0.15) is 0 Å². The van der Waals surface area contributed by atoms with Crippen molar-refractivity contribution in [1.82, 2.24) is 9.80 Å². The lowest BCUT2D eigenvalue weighted by Crippen LogP contribution is -2.40. The summed E-state index contributed by atoms with van der Waals surface area (Å²) < 4.78 is 33.0. The van der Waals surface area contributed by atoms with E-state index in [-0.39, 0.29) is 29.2 Å². The molecule has 0 saturated carbocycles. The number of hydrogen-bond donors (Lipinski definition) is 0. The second kappa shape index (κ2) is 9.67. The Bertz CT molecular complexity index is 961. The molecular weight excluding hydrogens is 414 g/mol. The minimum atomic E-state index is -1.02. The van der Waals surface area contributed by atoms with E-state index >= 15 is 0 Å². The zero-order chi connectivity index (χ0) is 22.7. The number of likely N-dealkylation sites (tertiary alicyclic amines) is 2. The number of amides is 2. The fourth-order valence-corrected chi connectivity index (χ4v) is 4.95. The number of benzene rings is 2. The lowest BCUT2D eigenvalue weighted by atomic mass is 9.78. The fraction of sp³-hybridized carbons (Fsp3) is 0.440. The van der Waals surface area contributed by atoms with Crippen molar-refractivity contribution < 1.29 is 23.1 Å². The maximum absolute atomic E-state index is 13.7. The van der Waals surface area contributed by atoms with Crippen LogP contribution in [0.25, 0.3) is 0 Å². The topological polar surface area (TPSA) is 49.9 Å². The first kappa shape index (κ1) is 22.2. The second-order valence-corrected chi connectivity index (χ2v) is 8.73. The molecule has 2 unspecified atom stereocenters. The normalized spacial score (nSPS) is 21.6. The minimum absolute atomic E-state index is 0.0916. The lowest BCUT2D eigenvalue weighted by molar-refractivity contribution is -0.130. The molecule has 2 aliphatic rings. The number of piperidine rings is 1. The van der Waals surface area contributed by atoms with E-state index < -0.39 is 11.6 Å². The van der Waals surface area contributed by atoms with Crippen LogP contribution in [-0.4, -0.2) is 54.4 Å². The average molecular weight is 443 g/mol. The Balaban J connectivity index is 1.48. The third-order valence-corrected chi connectivity index (χ3v) is 6.74. The molecule has 170 valence electrons. The number of rotatable bonds is 5. The molecule has 2 atom stereocenters. The van der Waals surface area contributed by atoms with E-state index in [9.17, 15) is 18.4 Å². The first-order valence-corrected chi connectivity index (χ1v) is 11.1. The smallest absolute Gasteiger partial charge is 0.253 e. The van der Waals surface area contributed by atoms with Crippen LogP contribution in [0.4, 0.5) is 8.78 Å².